The van der Waals surface area contributed by atoms with Gasteiger partial charge in [0.25, 0.3) is 0 Å². The monoisotopic (exact) mass is 243 g/mol. The number of nitrogens with one attached hydrogen (secondary N) is 1. The minimum atomic E-state index is 0.842. The van der Waals surface area contributed by atoms with Gasteiger partial charge in [0, 0.05) is 12.7 Å². The Morgan fingerprint density at radius 2 is 2.00 bits per heavy atom. The van der Waals surface area contributed by atoms with Gasteiger partial charge in [-0.3, -0.25) is 4.68 Å². The molecule has 2 aromatic rings. The summed E-state index contributed by atoms with van der Waals surface area (Å²) in [5.74, 6) is 0. The molecule has 18 heavy (non-hydrogen) atoms. The summed E-state index contributed by atoms with van der Waals surface area (Å²) in [5, 5.41) is 7.73. The van der Waals surface area contributed by atoms with Crippen LogP contribution in [0, 0.1) is 13.8 Å². The van der Waals surface area contributed by atoms with Crippen molar-refractivity contribution in [3.05, 3.63) is 52.8 Å². The van der Waals surface area contributed by atoms with Gasteiger partial charge in [0.2, 0.25) is 0 Å². The molecule has 1 aromatic heterocycles. The van der Waals surface area contributed by atoms with Crippen molar-refractivity contribution in [1.82, 2.24) is 15.1 Å². The first-order chi connectivity index (χ1) is 8.70. The molecule has 0 aliphatic heterocycles. The van der Waals surface area contributed by atoms with Gasteiger partial charge in [0.1, 0.15) is 0 Å². The molecule has 1 N–H and O–H groups in total. The largest absolute Gasteiger partial charge is 0.311 e. The van der Waals surface area contributed by atoms with E-state index in [0.29, 0.717) is 0 Å². The number of aromatic nitrogens is 2. The lowest BCUT2D eigenvalue weighted by Gasteiger charge is -2.09. The molecule has 2 rings (SSSR count). The summed E-state index contributed by atoms with van der Waals surface area (Å²) >= 11 is 0. The maximum Gasteiger partial charge on any atom is 0.0663 e. The Morgan fingerprint density at radius 3 is 2.72 bits per heavy atom. The second-order valence-corrected chi connectivity index (χ2v) is 4.68. The number of nitrogens with zero attached hydrogens (tertiary/aromatic N) is 2. The van der Waals surface area contributed by atoms with Crippen molar-refractivity contribution < 1.29 is 0 Å². The predicted molar refractivity (Wildman–Crippen MR) is 74.6 cm³/mol. The van der Waals surface area contributed by atoms with E-state index in [1.165, 1.54) is 22.4 Å². The maximum absolute atomic E-state index is 4.39. The van der Waals surface area contributed by atoms with Gasteiger partial charge >= 0.3 is 0 Å². The molecule has 96 valence electrons. The Hall–Kier alpha value is -1.61. The fourth-order valence-corrected chi connectivity index (χ4v) is 1.98. The molecule has 0 amide bonds. The van der Waals surface area contributed by atoms with Crippen LogP contribution in [0.3, 0.4) is 0 Å². The highest BCUT2D eigenvalue weighted by Crippen LogP contribution is 2.12. The number of hydrogen-bond donors (Lipinski definition) is 1. The SMILES string of the molecule is CCNCc1ccnn1Cc1ccc(C)c(C)c1. The first-order valence-corrected chi connectivity index (χ1v) is 6.48. The molecule has 1 heterocycles. The van der Waals surface area contributed by atoms with Crippen molar-refractivity contribution in [2.24, 2.45) is 0 Å². The van der Waals surface area contributed by atoms with Gasteiger partial charge in [-0.25, -0.2) is 0 Å². The van der Waals surface area contributed by atoms with Crippen LogP contribution in [0.5, 0.6) is 0 Å². The number of rotatable bonds is 5. The number of aryl methyl sites for hydroxylation is 2. The van der Waals surface area contributed by atoms with E-state index in [9.17, 15) is 0 Å². The average molecular weight is 243 g/mol. The molecule has 0 bridgehead atoms. The Labute approximate surface area is 109 Å². The van der Waals surface area contributed by atoms with Crippen LogP contribution in [0.4, 0.5) is 0 Å². The average Bonchev–Trinajstić information content (AvgIpc) is 2.79. The van der Waals surface area contributed by atoms with Crippen molar-refractivity contribution in [1.29, 1.82) is 0 Å². The molecular formula is C15H21N3. The first-order valence-electron chi connectivity index (χ1n) is 6.48. The zero-order chi connectivity index (χ0) is 13.0. The zero-order valence-corrected chi connectivity index (χ0v) is 11.4. The van der Waals surface area contributed by atoms with Gasteiger partial charge in [0.15, 0.2) is 0 Å². The molecule has 1 aromatic carbocycles. The minimum Gasteiger partial charge on any atom is -0.311 e. The molecule has 0 aliphatic carbocycles. The fourth-order valence-electron chi connectivity index (χ4n) is 1.98. The van der Waals surface area contributed by atoms with Crippen LogP contribution < -0.4 is 5.32 Å². The lowest BCUT2D eigenvalue weighted by Crippen LogP contribution is -2.16. The highest BCUT2D eigenvalue weighted by molar-refractivity contribution is 5.30. The van der Waals surface area contributed by atoms with Crippen molar-refractivity contribution in [3.63, 3.8) is 0 Å². The summed E-state index contributed by atoms with van der Waals surface area (Å²) in [6.45, 7) is 9.11. The van der Waals surface area contributed by atoms with Crippen LogP contribution in [0.1, 0.15) is 29.3 Å². The number of hydrogen-bond acceptors (Lipinski definition) is 2. The third kappa shape index (κ3) is 2.99. The molecule has 0 spiro atoms. The van der Waals surface area contributed by atoms with E-state index in [-0.39, 0.29) is 0 Å². The van der Waals surface area contributed by atoms with Crippen molar-refractivity contribution in [3.8, 4) is 0 Å². The van der Waals surface area contributed by atoms with E-state index in [1.54, 1.807) is 0 Å². The zero-order valence-electron chi connectivity index (χ0n) is 11.4. The summed E-state index contributed by atoms with van der Waals surface area (Å²) in [4.78, 5) is 0. The van der Waals surface area contributed by atoms with Crippen LogP contribution in [0.25, 0.3) is 0 Å². The van der Waals surface area contributed by atoms with Gasteiger partial charge in [-0.15, -0.1) is 0 Å². The van der Waals surface area contributed by atoms with Gasteiger partial charge in [-0.05, 0) is 43.1 Å². The highest BCUT2D eigenvalue weighted by atomic mass is 15.3. The lowest BCUT2D eigenvalue weighted by molar-refractivity contribution is 0.605. The highest BCUT2D eigenvalue weighted by Gasteiger charge is 2.03. The van der Waals surface area contributed by atoms with Crippen LogP contribution >= 0.6 is 0 Å². The van der Waals surface area contributed by atoms with E-state index in [4.69, 9.17) is 0 Å². The maximum atomic E-state index is 4.39. The molecule has 3 heteroatoms. The standard InChI is InChI=1S/C15H21N3/c1-4-16-10-15-7-8-17-18(15)11-14-6-5-12(2)13(3)9-14/h5-9,16H,4,10-11H2,1-3H3. The topological polar surface area (TPSA) is 29.9 Å². The van der Waals surface area contributed by atoms with Crippen LogP contribution in [0.15, 0.2) is 30.5 Å². The number of benzene rings is 1. The quantitative estimate of drug-likeness (QED) is 0.875. The summed E-state index contributed by atoms with van der Waals surface area (Å²) in [5.41, 5.74) is 5.22. The molecule has 0 saturated heterocycles. The van der Waals surface area contributed by atoms with Gasteiger partial charge in [-0.1, -0.05) is 25.1 Å². The Morgan fingerprint density at radius 1 is 1.17 bits per heavy atom. The summed E-state index contributed by atoms with van der Waals surface area (Å²) < 4.78 is 2.06. The molecule has 3 nitrogen and oxygen atoms in total. The van der Waals surface area contributed by atoms with E-state index in [1.807, 2.05) is 6.20 Å². The predicted octanol–water partition coefficient (Wildman–Crippen LogP) is 2.66. The van der Waals surface area contributed by atoms with E-state index in [2.05, 4.69) is 60.1 Å². The van der Waals surface area contributed by atoms with Crippen LogP contribution in [0.2, 0.25) is 0 Å². The van der Waals surface area contributed by atoms with Crippen molar-refractivity contribution in [2.45, 2.75) is 33.9 Å². The summed E-state index contributed by atoms with van der Waals surface area (Å²) in [6.07, 6.45) is 1.87. The van der Waals surface area contributed by atoms with Gasteiger partial charge in [-0.2, -0.15) is 5.10 Å². The first kappa shape index (κ1) is 12.8. The molecule has 0 unspecified atom stereocenters. The molecular weight excluding hydrogens is 222 g/mol. The smallest absolute Gasteiger partial charge is 0.0663 e. The van der Waals surface area contributed by atoms with Crippen molar-refractivity contribution >= 4 is 0 Å². The second kappa shape index (κ2) is 5.83. The summed E-state index contributed by atoms with van der Waals surface area (Å²) in [7, 11) is 0. The van der Waals surface area contributed by atoms with Crippen LogP contribution in [-0.2, 0) is 13.1 Å². The summed E-state index contributed by atoms with van der Waals surface area (Å²) in [6, 6.07) is 8.68. The van der Waals surface area contributed by atoms with E-state index < -0.39 is 0 Å². The van der Waals surface area contributed by atoms with Gasteiger partial charge < -0.3 is 5.32 Å². The molecule has 0 radical (unpaired) electrons. The third-order valence-electron chi connectivity index (χ3n) is 3.26. The lowest BCUT2D eigenvalue weighted by atomic mass is 10.1. The Balaban J connectivity index is 2.13. The Bertz CT molecular complexity index is 514. The molecule has 0 aliphatic rings. The van der Waals surface area contributed by atoms with Crippen molar-refractivity contribution in [2.75, 3.05) is 6.54 Å². The second-order valence-electron chi connectivity index (χ2n) is 4.68. The minimum absolute atomic E-state index is 0.842. The molecule has 0 atom stereocenters. The molecule has 0 saturated carbocycles. The molecule has 0 fully saturated rings. The van der Waals surface area contributed by atoms with Gasteiger partial charge in [0.05, 0.1) is 12.2 Å². The van der Waals surface area contributed by atoms with E-state index in [0.717, 1.165) is 19.6 Å². The Kier molecular flexibility index (Phi) is 4.15. The third-order valence-corrected chi connectivity index (χ3v) is 3.26. The fraction of sp³-hybridized carbons (Fsp3) is 0.400. The van der Waals surface area contributed by atoms with E-state index >= 15 is 0 Å². The normalized spacial score (nSPS) is 10.8. The van der Waals surface area contributed by atoms with Crippen LogP contribution in [-0.4, -0.2) is 16.3 Å².